The first-order valence-electron chi connectivity index (χ1n) is 10.7. The minimum Gasteiger partial charge on any atom is -0.483 e. The number of carbonyl (C=O) groups is 3. The molecule has 3 amide bonds. The van der Waals surface area contributed by atoms with Crippen molar-refractivity contribution in [1.29, 1.82) is 0 Å². The van der Waals surface area contributed by atoms with Crippen LogP contribution < -0.4 is 20.1 Å². The third kappa shape index (κ3) is 4.98. The van der Waals surface area contributed by atoms with Gasteiger partial charge in [0, 0.05) is 44.5 Å². The second-order valence-corrected chi connectivity index (χ2v) is 7.87. The first-order valence-corrected chi connectivity index (χ1v) is 10.7. The molecule has 0 spiro atoms. The number of amides is 3. The molecule has 2 aliphatic heterocycles. The van der Waals surface area contributed by atoms with Gasteiger partial charge in [-0.25, -0.2) is 5.01 Å². The van der Waals surface area contributed by atoms with Crippen LogP contribution in [0.5, 0.6) is 5.75 Å². The van der Waals surface area contributed by atoms with E-state index in [1.807, 2.05) is 31.1 Å². The quantitative estimate of drug-likeness (QED) is 0.529. The Morgan fingerprint density at radius 1 is 1.12 bits per heavy atom. The van der Waals surface area contributed by atoms with Crippen LogP contribution in [0.3, 0.4) is 0 Å². The molecule has 2 fully saturated rings. The van der Waals surface area contributed by atoms with Crippen molar-refractivity contribution in [1.82, 2.24) is 10.3 Å². The molecule has 33 heavy (non-hydrogen) atoms. The monoisotopic (exact) mass is 450 g/mol. The number of hydrogen-bond acceptors (Lipinski definition) is 6. The lowest BCUT2D eigenvalue weighted by atomic mass is 10.1. The average molecular weight is 450 g/mol. The Bertz CT molecular complexity index is 1080. The zero-order valence-corrected chi connectivity index (χ0v) is 18.6. The van der Waals surface area contributed by atoms with Crippen LogP contribution in [0.1, 0.15) is 5.56 Å². The maximum atomic E-state index is 12.9. The molecule has 0 bridgehead atoms. The molecular weight excluding hydrogens is 424 g/mol. The van der Waals surface area contributed by atoms with Gasteiger partial charge in [-0.2, -0.15) is 0 Å². The van der Waals surface area contributed by atoms with Gasteiger partial charge in [0.1, 0.15) is 11.3 Å². The zero-order chi connectivity index (χ0) is 23.4. The number of nitrogens with one attached hydrogen (secondary N) is 1. The van der Waals surface area contributed by atoms with Crippen LogP contribution >= 0.6 is 0 Å². The molecule has 2 saturated heterocycles. The molecule has 1 N–H and O–H groups in total. The molecule has 0 aliphatic carbocycles. The van der Waals surface area contributed by atoms with Crippen LogP contribution in [-0.4, -0.2) is 69.6 Å². The molecule has 9 heteroatoms. The van der Waals surface area contributed by atoms with E-state index in [0.717, 1.165) is 5.69 Å². The second-order valence-electron chi connectivity index (χ2n) is 7.87. The van der Waals surface area contributed by atoms with Gasteiger partial charge >= 0.3 is 0 Å². The highest BCUT2D eigenvalue weighted by Crippen LogP contribution is 2.29. The van der Waals surface area contributed by atoms with Crippen LogP contribution in [-0.2, 0) is 19.1 Å². The van der Waals surface area contributed by atoms with E-state index in [9.17, 15) is 14.4 Å². The van der Waals surface area contributed by atoms with E-state index in [1.54, 1.807) is 41.3 Å². The van der Waals surface area contributed by atoms with E-state index in [2.05, 4.69) is 5.43 Å². The minimum absolute atomic E-state index is 0.0131. The molecular formula is C24H26N4O5. The topological polar surface area (TPSA) is 91.4 Å². The van der Waals surface area contributed by atoms with E-state index >= 15 is 0 Å². The molecule has 2 aliphatic rings. The summed E-state index contributed by atoms with van der Waals surface area (Å²) in [6, 6.07) is 14.3. The van der Waals surface area contributed by atoms with Gasteiger partial charge in [-0.05, 0) is 30.3 Å². The predicted molar refractivity (Wildman–Crippen MR) is 124 cm³/mol. The molecule has 0 saturated carbocycles. The molecule has 0 radical (unpaired) electrons. The van der Waals surface area contributed by atoms with Crippen LogP contribution in [0, 0.1) is 0 Å². The number of rotatable bonds is 6. The fourth-order valence-electron chi connectivity index (χ4n) is 3.56. The van der Waals surface area contributed by atoms with Crippen LogP contribution in [0.15, 0.2) is 54.1 Å². The number of hydrogen-bond donors (Lipinski definition) is 1. The molecule has 9 nitrogen and oxygen atoms in total. The highest BCUT2D eigenvalue weighted by molar-refractivity contribution is 6.31. The number of anilines is 2. The summed E-state index contributed by atoms with van der Waals surface area (Å²) in [7, 11) is 3.78. The minimum atomic E-state index is -0.504. The molecule has 4 rings (SSSR count). The van der Waals surface area contributed by atoms with Gasteiger partial charge < -0.3 is 19.3 Å². The number of hydrazine groups is 1. The zero-order valence-electron chi connectivity index (χ0n) is 18.6. The molecule has 0 atom stereocenters. The van der Waals surface area contributed by atoms with Crippen molar-refractivity contribution in [2.24, 2.45) is 0 Å². The van der Waals surface area contributed by atoms with Crippen molar-refractivity contribution in [3.05, 3.63) is 59.7 Å². The Labute approximate surface area is 192 Å². The van der Waals surface area contributed by atoms with E-state index in [4.69, 9.17) is 9.47 Å². The van der Waals surface area contributed by atoms with Gasteiger partial charge in [0.15, 0.2) is 6.61 Å². The van der Waals surface area contributed by atoms with E-state index in [1.165, 1.54) is 11.1 Å². The summed E-state index contributed by atoms with van der Waals surface area (Å²) in [6.07, 6.45) is 1.49. The number of para-hydroxylation sites is 1. The lowest BCUT2D eigenvalue weighted by molar-refractivity contribution is -0.137. The van der Waals surface area contributed by atoms with Crippen molar-refractivity contribution >= 4 is 35.2 Å². The summed E-state index contributed by atoms with van der Waals surface area (Å²) in [5, 5.41) is 1.21. The molecule has 2 aromatic rings. The van der Waals surface area contributed by atoms with E-state index < -0.39 is 11.8 Å². The van der Waals surface area contributed by atoms with Crippen molar-refractivity contribution in [2.45, 2.75) is 0 Å². The van der Waals surface area contributed by atoms with E-state index in [-0.39, 0.29) is 18.1 Å². The van der Waals surface area contributed by atoms with Crippen molar-refractivity contribution in [3.63, 3.8) is 0 Å². The lowest BCUT2D eigenvalue weighted by Gasteiger charge is -2.27. The SMILES string of the molecule is CN(C)c1ccc(C=C2C(=O)NN(c3ccccc3)C2=O)c(OCC(=O)N2CCOCC2)c1. The van der Waals surface area contributed by atoms with Gasteiger partial charge in [0.2, 0.25) is 0 Å². The largest absolute Gasteiger partial charge is 0.483 e. The fraction of sp³-hybridized carbons (Fsp3) is 0.292. The Hall–Kier alpha value is -3.85. The smallest absolute Gasteiger partial charge is 0.282 e. The number of morpholine rings is 1. The molecule has 172 valence electrons. The number of carbonyl (C=O) groups excluding carboxylic acids is 3. The fourth-order valence-corrected chi connectivity index (χ4v) is 3.56. The predicted octanol–water partition coefficient (Wildman–Crippen LogP) is 1.45. The summed E-state index contributed by atoms with van der Waals surface area (Å²) >= 11 is 0. The van der Waals surface area contributed by atoms with Gasteiger partial charge in [-0.1, -0.05) is 18.2 Å². The van der Waals surface area contributed by atoms with Crippen molar-refractivity contribution < 1.29 is 23.9 Å². The van der Waals surface area contributed by atoms with Crippen LogP contribution in [0.25, 0.3) is 6.08 Å². The van der Waals surface area contributed by atoms with Gasteiger partial charge in [-0.15, -0.1) is 0 Å². The normalized spacial score (nSPS) is 17.3. The van der Waals surface area contributed by atoms with Crippen molar-refractivity contribution in [3.8, 4) is 5.75 Å². The molecule has 0 aromatic heterocycles. The van der Waals surface area contributed by atoms with Gasteiger partial charge in [-0.3, -0.25) is 19.8 Å². The standard InChI is InChI=1S/C24H26N4O5/c1-26(2)19-9-8-17(21(15-19)33-16-22(29)27-10-12-32-13-11-27)14-20-23(30)25-28(24(20)31)18-6-4-3-5-7-18/h3-9,14-15H,10-13,16H2,1-2H3,(H,25,30). The number of nitrogens with zero attached hydrogens (tertiary/aromatic N) is 3. The van der Waals surface area contributed by atoms with Gasteiger partial charge in [0.25, 0.3) is 17.7 Å². The molecule has 2 aromatic carbocycles. The summed E-state index contributed by atoms with van der Waals surface area (Å²) in [4.78, 5) is 41.6. The molecule has 2 heterocycles. The second kappa shape index (κ2) is 9.74. The average Bonchev–Trinajstić information content (AvgIpc) is 3.12. The lowest BCUT2D eigenvalue weighted by Crippen LogP contribution is -2.43. The van der Waals surface area contributed by atoms with Gasteiger partial charge in [0.05, 0.1) is 18.9 Å². The summed E-state index contributed by atoms with van der Waals surface area (Å²) in [6.45, 7) is 1.92. The maximum absolute atomic E-state index is 12.9. The van der Waals surface area contributed by atoms with Crippen LogP contribution in [0.4, 0.5) is 11.4 Å². The Kier molecular flexibility index (Phi) is 6.60. The first kappa shape index (κ1) is 22.3. The number of ether oxygens (including phenoxy) is 2. The first-order chi connectivity index (χ1) is 15.9. The Balaban J connectivity index is 1.58. The van der Waals surface area contributed by atoms with Crippen molar-refractivity contribution in [2.75, 3.05) is 56.9 Å². The Morgan fingerprint density at radius 2 is 1.85 bits per heavy atom. The maximum Gasteiger partial charge on any atom is 0.282 e. The summed E-state index contributed by atoms with van der Waals surface area (Å²) in [5.74, 6) is -0.694. The highest BCUT2D eigenvalue weighted by Gasteiger charge is 2.34. The highest BCUT2D eigenvalue weighted by atomic mass is 16.5. The summed E-state index contributed by atoms with van der Waals surface area (Å²) < 4.78 is 11.2. The third-order valence-electron chi connectivity index (χ3n) is 5.43. The third-order valence-corrected chi connectivity index (χ3v) is 5.43. The number of benzene rings is 2. The Morgan fingerprint density at radius 3 is 2.55 bits per heavy atom. The summed E-state index contributed by atoms with van der Waals surface area (Å²) in [5.41, 5.74) is 4.53. The van der Waals surface area contributed by atoms with E-state index in [0.29, 0.717) is 43.3 Å². The van der Waals surface area contributed by atoms with Crippen LogP contribution in [0.2, 0.25) is 0 Å². The molecule has 0 unspecified atom stereocenters.